The lowest BCUT2D eigenvalue weighted by atomic mass is 10.1. The Bertz CT molecular complexity index is 619. The van der Waals surface area contributed by atoms with E-state index in [-0.39, 0.29) is 18.3 Å². The molecule has 1 atom stereocenters. The van der Waals surface area contributed by atoms with Crippen molar-refractivity contribution in [1.82, 2.24) is 10.3 Å². The van der Waals surface area contributed by atoms with E-state index in [4.69, 9.17) is 0 Å². The molecule has 0 spiro atoms. The minimum atomic E-state index is -0.479. The lowest BCUT2D eigenvalue weighted by molar-refractivity contribution is 0.0911. The van der Waals surface area contributed by atoms with Crippen molar-refractivity contribution in [3.8, 4) is 0 Å². The van der Waals surface area contributed by atoms with E-state index in [0.717, 1.165) is 5.56 Å². The molecule has 5 nitrogen and oxygen atoms in total. The highest BCUT2D eigenvalue weighted by molar-refractivity contribution is 6.00. The Morgan fingerprint density at radius 1 is 1.29 bits per heavy atom. The Hall–Kier alpha value is -2.40. The van der Waals surface area contributed by atoms with E-state index in [1.165, 1.54) is 12.3 Å². The summed E-state index contributed by atoms with van der Waals surface area (Å²) in [4.78, 5) is 26.5. The Morgan fingerprint density at radius 3 is 2.62 bits per heavy atom. The monoisotopic (exact) mass is 286 g/mol. The molecule has 0 radical (unpaired) electrons. The van der Waals surface area contributed by atoms with Crippen LogP contribution in [0, 0.1) is 0 Å². The van der Waals surface area contributed by atoms with Gasteiger partial charge in [-0.1, -0.05) is 37.3 Å². The van der Waals surface area contributed by atoms with Crippen LogP contribution in [0.2, 0.25) is 0 Å². The first-order chi connectivity index (χ1) is 10.2. The third kappa shape index (κ3) is 3.58. The third-order valence-electron chi connectivity index (χ3n) is 3.26. The number of hydrogen-bond donors (Lipinski definition) is 3. The fourth-order valence-electron chi connectivity index (χ4n) is 2.05. The molecular formula is C16H18N2O3. The summed E-state index contributed by atoms with van der Waals surface area (Å²) in [6, 6.07) is 10.3. The molecule has 3 N–H and O–H groups in total. The summed E-state index contributed by atoms with van der Waals surface area (Å²) in [5, 5.41) is 12.2. The van der Waals surface area contributed by atoms with Gasteiger partial charge in [0.05, 0.1) is 12.6 Å². The second kappa shape index (κ2) is 6.85. The molecule has 0 aliphatic heterocycles. The van der Waals surface area contributed by atoms with Gasteiger partial charge in [0.1, 0.15) is 5.69 Å². The maximum atomic E-state index is 12.1. The van der Waals surface area contributed by atoms with E-state index in [0.29, 0.717) is 17.7 Å². The molecular weight excluding hydrogens is 268 g/mol. The standard InChI is InChI=1S/C16H18N2O3/c1-2-15(20)12-8-13(17-9-12)16(21)18-14(10-19)11-6-4-3-5-7-11/h3-9,14,17,19H,2,10H2,1H3,(H,18,21). The molecule has 1 amide bonds. The Labute approximate surface area is 123 Å². The summed E-state index contributed by atoms with van der Waals surface area (Å²) < 4.78 is 0. The van der Waals surface area contributed by atoms with Crippen LogP contribution in [0.25, 0.3) is 0 Å². The fourth-order valence-corrected chi connectivity index (χ4v) is 2.05. The zero-order valence-electron chi connectivity index (χ0n) is 11.8. The molecule has 0 bridgehead atoms. The van der Waals surface area contributed by atoms with Crippen LogP contribution >= 0.6 is 0 Å². The highest BCUT2D eigenvalue weighted by Crippen LogP contribution is 2.13. The van der Waals surface area contributed by atoms with Crippen LogP contribution in [0.5, 0.6) is 0 Å². The molecule has 21 heavy (non-hydrogen) atoms. The van der Waals surface area contributed by atoms with Gasteiger partial charge in [-0.3, -0.25) is 9.59 Å². The van der Waals surface area contributed by atoms with E-state index in [2.05, 4.69) is 10.3 Å². The molecule has 1 aromatic carbocycles. The molecule has 1 aromatic heterocycles. The lowest BCUT2D eigenvalue weighted by Crippen LogP contribution is -2.30. The minimum Gasteiger partial charge on any atom is -0.394 e. The quantitative estimate of drug-likeness (QED) is 0.711. The van der Waals surface area contributed by atoms with Crippen molar-refractivity contribution in [1.29, 1.82) is 0 Å². The number of ketones is 1. The number of aliphatic hydroxyl groups excluding tert-OH is 1. The molecule has 0 saturated carbocycles. The second-order valence-corrected chi connectivity index (χ2v) is 4.70. The number of aromatic nitrogens is 1. The zero-order valence-corrected chi connectivity index (χ0v) is 11.8. The number of aliphatic hydroxyl groups is 1. The van der Waals surface area contributed by atoms with Gasteiger partial charge in [-0.15, -0.1) is 0 Å². The first-order valence-corrected chi connectivity index (χ1v) is 6.84. The number of carbonyl (C=O) groups is 2. The number of amides is 1. The van der Waals surface area contributed by atoms with Gasteiger partial charge >= 0.3 is 0 Å². The maximum Gasteiger partial charge on any atom is 0.268 e. The molecule has 0 aliphatic rings. The number of rotatable bonds is 6. The van der Waals surface area contributed by atoms with E-state index in [1.807, 2.05) is 30.3 Å². The summed E-state index contributed by atoms with van der Waals surface area (Å²) in [5.41, 5.74) is 1.62. The Morgan fingerprint density at radius 2 is 2.00 bits per heavy atom. The van der Waals surface area contributed by atoms with Crippen molar-refractivity contribution in [2.75, 3.05) is 6.61 Å². The van der Waals surface area contributed by atoms with Gasteiger partial charge in [0, 0.05) is 18.2 Å². The lowest BCUT2D eigenvalue weighted by Gasteiger charge is -2.16. The van der Waals surface area contributed by atoms with Gasteiger partial charge in [0.15, 0.2) is 5.78 Å². The van der Waals surface area contributed by atoms with Crippen molar-refractivity contribution in [2.45, 2.75) is 19.4 Å². The average molecular weight is 286 g/mol. The third-order valence-corrected chi connectivity index (χ3v) is 3.26. The van der Waals surface area contributed by atoms with Crippen molar-refractivity contribution in [2.24, 2.45) is 0 Å². The van der Waals surface area contributed by atoms with Gasteiger partial charge in [-0.25, -0.2) is 0 Å². The van der Waals surface area contributed by atoms with Gasteiger partial charge < -0.3 is 15.4 Å². The van der Waals surface area contributed by atoms with Gasteiger partial charge in [0.2, 0.25) is 0 Å². The zero-order chi connectivity index (χ0) is 15.2. The molecule has 0 saturated heterocycles. The van der Waals surface area contributed by atoms with Crippen LogP contribution in [-0.4, -0.2) is 28.4 Å². The van der Waals surface area contributed by atoms with E-state index in [9.17, 15) is 14.7 Å². The summed E-state index contributed by atoms with van der Waals surface area (Å²) in [5.74, 6) is -0.375. The number of nitrogens with one attached hydrogen (secondary N) is 2. The largest absolute Gasteiger partial charge is 0.394 e. The number of Topliss-reactive ketones (excluding diaryl/α,β-unsaturated/α-hetero) is 1. The molecule has 2 rings (SSSR count). The second-order valence-electron chi connectivity index (χ2n) is 4.70. The van der Waals surface area contributed by atoms with Crippen LogP contribution in [0.4, 0.5) is 0 Å². The average Bonchev–Trinajstić information content (AvgIpc) is 3.02. The number of H-pyrrole nitrogens is 1. The minimum absolute atomic E-state index is 0.0212. The first kappa shape index (κ1) is 15.0. The molecule has 5 heteroatoms. The predicted octanol–water partition coefficient (Wildman–Crippen LogP) is 2.07. The summed E-state index contributed by atoms with van der Waals surface area (Å²) in [6.07, 6.45) is 1.92. The van der Waals surface area contributed by atoms with Crippen LogP contribution in [0.3, 0.4) is 0 Å². The maximum absolute atomic E-state index is 12.1. The normalized spacial score (nSPS) is 11.9. The van der Waals surface area contributed by atoms with E-state index < -0.39 is 6.04 Å². The molecule has 110 valence electrons. The van der Waals surface area contributed by atoms with Gasteiger partial charge in [-0.05, 0) is 11.6 Å². The van der Waals surface area contributed by atoms with Gasteiger partial charge in [0.25, 0.3) is 5.91 Å². The molecule has 1 heterocycles. The fraction of sp³-hybridized carbons (Fsp3) is 0.250. The molecule has 0 aliphatic carbocycles. The van der Waals surface area contributed by atoms with Crippen LogP contribution < -0.4 is 5.32 Å². The smallest absolute Gasteiger partial charge is 0.268 e. The summed E-state index contributed by atoms with van der Waals surface area (Å²) >= 11 is 0. The van der Waals surface area contributed by atoms with Crippen LogP contribution in [0.15, 0.2) is 42.6 Å². The van der Waals surface area contributed by atoms with Crippen molar-refractivity contribution in [3.05, 3.63) is 59.4 Å². The van der Waals surface area contributed by atoms with E-state index >= 15 is 0 Å². The van der Waals surface area contributed by atoms with Crippen molar-refractivity contribution >= 4 is 11.7 Å². The van der Waals surface area contributed by atoms with E-state index in [1.54, 1.807) is 6.92 Å². The molecule has 2 aromatic rings. The first-order valence-electron chi connectivity index (χ1n) is 6.84. The highest BCUT2D eigenvalue weighted by Gasteiger charge is 2.17. The van der Waals surface area contributed by atoms with Crippen molar-refractivity contribution < 1.29 is 14.7 Å². The summed E-state index contributed by atoms with van der Waals surface area (Å²) in [7, 11) is 0. The molecule has 0 fully saturated rings. The number of benzene rings is 1. The van der Waals surface area contributed by atoms with Crippen molar-refractivity contribution in [3.63, 3.8) is 0 Å². The van der Waals surface area contributed by atoms with Crippen LogP contribution in [-0.2, 0) is 0 Å². The number of aromatic amines is 1. The highest BCUT2D eigenvalue weighted by atomic mass is 16.3. The SMILES string of the molecule is CCC(=O)c1c[nH]c(C(=O)NC(CO)c2ccccc2)c1. The topological polar surface area (TPSA) is 82.2 Å². The Kier molecular flexibility index (Phi) is 4.90. The predicted molar refractivity (Wildman–Crippen MR) is 79.1 cm³/mol. The number of hydrogen-bond acceptors (Lipinski definition) is 3. The van der Waals surface area contributed by atoms with Crippen LogP contribution in [0.1, 0.15) is 45.8 Å². The van der Waals surface area contributed by atoms with Gasteiger partial charge in [-0.2, -0.15) is 0 Å². The number of carbonyl (C=O) groups excluding carboxylic acids is 2. The molecule has 1 unspecified atom stereocenters. The Balaban J connectivity index is 2.09. The summed E-state index contributed by atoms with van der Waals surface area (Å²) in [6.45, 7) is 1.57.